The van der Waals surface area contributed by atoms with Crippen LogP contribution in [0.5, 0.6) is 0 Å². The lowest BCUT2D eigenvalue weighted by Crippen LogP contribution is -2.50. The van der Waals surface area contributed by atoms with Gasteiger partial charge in [-0.3, -0.25) is 4.90 Å². The maximum absolute atomic E-state index is 13.1. The third-order valence-electron chi connectivity index (χ3n) is 7.63. The lowest BCUT2D eigenvalue weighted by Gasteiger charge is -2.43. The number of fused-ring (bicyclic) bond motifs is 2. The number of anilines is 1. The molecule has 1 aromatic rings. The van der Waals surface area contributed by atoms with Crippen molar-refractivity contribution in [2.75, 3.05) is 44.2 Å². The molecule has 2 aliphatic carbocycles. The van der Waals surface area contributed by atoms with Gasteiger partial charge in [0, 0.05) is 38.4 Å². The van der Waals surface area contributed by atoms with Gasteiger partial charge in [-0.1, -0.05) is 20.8 Å². The Balaban J connectivity index is 1.23. The van der Waals surface area contributed by atoms with Crippen molar-refractivity contribution in [1.82, 2.24) is 4.90 Å². The van der Waals surface area contributed by atoms with Crippen molar-refractivity contribution in [3.63, 3.8) is 0 Å². The molecule has 3 fully saturated rings. The molecule has 1 aromatic carbocycles. The lowest BCUT2D eigenvalue weighted by molar-refractivity contribution is -0.113. The van der Waals surface area contributed by atoms with Crippen molar-refractivity contribution < 1.29 is 14.2 Å². The van der Waals surface area contributed by atoms with Crippen LogP contribution in [-0.2, 0) is 4.74 Å². The Morgan fingerprint density at radius 2 is 1.82 bits per heavy atom. The van der Waals surface area contributed by atoms with Crippen molar-refractivity contribution in [3.05, 3.63) is 30.1 Å². The summed E-state index contributed by atoms with van der Waals surface area (Å²) in [7, 11) is 0. The third-order valence-corrected chi connectivity index (χ3v) is 7.63. The summed E-state index contributed by atoms with van der Waals surface area (Å²) in [6, 6.07) is 6.71. The van der Waals surface area contributed by atoms with Crippen molar-refractivity contribution in [1.29, 1.82) is 0 Å². The average molecular weight is 391 g/mol. The van der Waals surface area contributed by atoms with Gasteiger partial charge in [0.15, 0.2) is 0 Å². The monoisotopic (exact) mass is 390 g/mol. The van der Waals surface area contributed by atoms with Gasteiger partial charge in [-0.2, -0.15) is 0 Å². The van der Waals surface area contributed by atoms with Crippen LogP contribution >= 0.6 is 0 Å². The topological polar surface area (TPSA) is 35.9 Å². The predicted molar refractivity (Wildman–Crippen MR) is 110 cm³/mol. The second-order valence-electron chi connectivity index (χ2n) is 10.0. The highest BCUT2D eigenvalue weighted by molar-refractivity contribution is 5.46. The maximum Gasteiger partial charge on any atom is 0.123 e. The highest BCUT2D eigenvalue weighted by Gasteiger charge is 2.60. The van der Waals surface area contributed by atoms with Crippen LogP contribution in [0.3, 0.4) is 0 Å². The van der Waals surface area contributed by atoms with Gasteiger partial charge in [0.25, 0.3) is 0 Å². The highest BCUT2D eigenvalue weighted by Crippen LogP contribution is 2.63. The van der Waals surface area contributed by atoms with Gasteiger partial charge in [0.2, 0.25) is 0 Å². The SMILES string of the molecule is CC1(C)[C@H]2CC[C@](C)(C2)[C@@H]1OC[C@@H](O)CN1CCN(c2ccc(F)cc2)CC1. The van der Waals surface area contributed by atoms with Gasteiger partial charge in [-0.05, 0) is 60.3 Å². The van der Waals surface area contributed by atoms with Crippen molar-refractivity contribution in [3.8, 4) is 0 Å². The number of hydrogen-bond acceptors (Lipinski definition) is 4. The molecule has 3 aliphatic rings. The standard InChI is InChI=1S/C23H35FN2O2/c1-22(2)17-8-9-23(3,14-17)21(22)28-16-20(27)15-25-10-12-26(13-11-25)19-6-4-18(24)5-7-19/h4-7,17,20-21,27H,8-16H2,1-3H3/t17-,20-,21+,23+/m0/s1. The molecular weight excluding hydrogens is 355 g/mol. The van der Waals surface area contributed by atoms with Crippen molar-refractivity contribution in [2.24, 2.45) is 16.7 Å². The average Bonchev–Trinajstić information content (AvgIpc) is 3.14. The molecule has 5 heteroatoms. The van der Waals surface area contributed by atoms with Crippen LogP contribution in [0.1, 0.15) is 40.0 Å². The molecule has 2 saturated carbocycles. The first kappa shape index (κ1) is 20.1. The molecule has 0 spiro atoms. The smallest absolute Gasteiger partial charge is 0.123 e. The van der Waals surface area contributed by atoms with Crippen LogP contribution < -0.4 is 4.90 Å². The quantitative estimate of drug-likeness (QED) is 0.806. The van der Waals surface area contributed by atoms with E-state index < -0.39 is 6.10 Å². The Bertz CT molecular complexity index is 667. The van der Waals surface area contributed by atoms with Gasteiger partial charge in [0.1, 0.15) is 5.82 Å². The first-order valence-corrected chi connectivity index (χ1v) is 10.8. The fourth-order valence-corrected chi connectivity index (χ4v) is 6.07. The lowest BCUT2D eigenvalue weighted by atomic mass is 9.70. The minimum Gasteiger partial charge on any atom is -0.389 e. The van der Waals surface area contributed by atoms with Crippen LogP contribution in [-0.4, -0.2) is 61.5 Å². The van der Waals surface area contributed by atoms with E-state index in [0.29, 0.717) is 13.2 Å². The van der Waals surface area contributed by atoms with Crippen LogP contribution in [0.4, 0.5) is 10.1 Å². The van der Waals surface area contributed by atoms with Crippen molar-refractivity contribution in [2.45, 2.75) is 52.2 Å². The molecule has 28 heavy (non-hydrogen) atoms. The molecule has 1 N–H and O–H groups in total. The number of halogens is 1. The van der Waals surface area contributed by atoms with Gasteiger partial charge < -0.3 is 14.7 Å². The number of piperazine rings is 1. The summed E-state index contributed by atoms with van der Waals surface area (Å²) in [5.41, 5.74) is 1.57. The van der Waals surface area contributed by atoms with E-state index in [2.05, 4.69) is 30.6 Å². The molecule has 0 unspecified atom stereocenters. The molecule has 1 heterocycles. The first-order valence-electron chi connectivity index (χ1n) is 10.8. The number of hydrogen-bond donors (Lipinski definition) is 1. The molecule has 0 aromatic heterocycles. The van der Waals surface area contributed by atoms with Gasteiger partial charge in [-0.15, -0.1) is 0 Å². The number of aliphatic hydroxyl groups is 1. The molecule has 1 saturated heterocycles. The molecule has 4 nitrogen and oxygen atoms in total. The molecule has 4 rings (SSSR count). The van der Waals surface area contributed by atoms with E-state index in [9.17, 15) is 9.50 Å². The van der Waals surface area contributed by atoms with E-state index in [-0.39, 0.29) is 22.8 Å². The minimum absolute atomic E-state index is 0.196. The normalized spacial score (nSPS) is 33.4. The summed E-state index contributed by atoms with van der Waals surface area (Å²) in [6.45, 7) is 11.7. The zero-order valence-electron chi connectivity index (χ0n) is 17.5. The summed E-state index contributed by atoms with van der Waals surface area (Å²) in [4.78, 5) is 4.58. The van der Waals surface area contributed by atoms with Gasteiger partial charge >= 0.3 is 0 Å². The molecule has 1 aliphatic heterocycles. The number of β-amino-alcohol motifs (C(OH)–C–C–N with tert-alkyl or cyclic N) is 1. The van der Waals surface area contributed by atoms with E-state index in [1.165, 1.54) is 31.4 Å². The number of nitrogens with zero attached hydrogens (tertiary/aromatic N) is 2. The fourth-order valence-electron chi connectivity index (χ4n) is 6.07. The van der Waals surface area contributed by atoms with E-state index in [1.54, 1.807) is 0 Å². The minimum atomic E-state index is -0.448. The van der Waals surface area contributed by atoms with E-state index in [4.69, 9.17) is 4.74 Å². The molecule has 4 atom stereocenters. The molecular formula is C23H35FN2O2. The predicted octanol–water partition coefficient (Wildman–Crippen LogP) is 3.54. The highest BCUT2D eigenvalue weighted by atomic mass is 19.1. The number of aliphatic hydroxyl groups excluding tert-OH is 1. The van der Waals surface area contributed by atoms with E-state index >= 15 is 0 Å². The second-order valence-corrected chi connectivity index (χ2v) is 10.0. The van der Waals surface area contributed by atoms with E-state index in [0.717, 1.165) is 37.8 Å². The molecule has 0 radical (unpaired) electrons. The summed E-state index contributed by atoms with van der Waals surface area (Å²) < 4.78 is 19.4. The fraction of sp³-hybridized carbons (Fsp3) is 0.739. The van der Waals surface area contributed by atoms with Crippen LogP contribution in [0, 0.1) is 22.6 Å². The summed E-state index contributed by atoms with van der Waals surface area (Å²) in [5.74, 6) is 0.567. The number of ether oxygens (including phenoxy) is 1. The molecule has 156 valence electrons. The van der Waals surface area contributed by atoms with Crippen LogP contribution in [0.25, 0.3) is 0 Å². The summed E-state index contributed by atoms with van der Waals surface area (Å²) in [6.07, 6.45) is 3.66. The van der Waals surface area contributed by atoms with Crippen molar-refractivity contribution >= 4 is 5.69 Å². The summed E-state index contributed by atoms with van der Waals surface area (Å²) >= 11 is 0. The van der Waals surface area contributed by atoms with Gasteiger partial charge in [-0.25, -0.2) is 4.39 Å². The largest absolute Gasteiger partial charge is 0.389 e. The van der Waals surface area contributed by atoms with E-state index in [1.807, 2.05) is 12.1 Å². The zero-order valence-corrected chi connectivity index (χ0v) is 17.5. The first-order chi connectivity index (χ1) is 13.3. The number of rotatable bonds is 6. The Morgan fingerprint density at radius 3 is 2.43 bits per heavy atom. The summed E-state index contributed by atoms with van der Waals surface area (Å²) in [5, 5.41) is 10.6. The number of benzene rings is 1. The molecule has 0 amide bonds. The maximum atomic E-state index is 13.1. The zero-order chi connectivity index (χ0) is 19.9. The molecule has 2 bridgehead atoms. The Labute approximate surface area is 168 Å². The van der Waals surface area contributed by atoms with Gasteiger partial charge in [0.05, 0.1) is 18.8 Å². The Kier molecular flexibility index (Phi) is 5.45. The Hall–Kier alpha value is -1.17. The van der Waals surface area contributed by atoms with Crippen LogP contribution in [0.2, 0.25) is 0 Å². The second kappa shape index (κ2) is 7.58. The Morgan fingerprint density at radius 1 is 1.14 bits per heavy atom. The third kappa shape index (κ3) is 3.81. The van der Waals surface area contributed by atoms with Crippen LogP contribution in [0.15, 0.2) is 24.3 Å².